The van der Waals surface area contributed by atoms with Crippen LogP contribution in [0.1, 0.15) is 0 Å². The molecule has 1 unspecified atom stereocenters. The van der Waals surface area contributed by atoms with E-state index in [0.29, 0.717) is 6.04 Å². The standard InChI is InChI=1S/C14H21N5/c1-17-5-6-18(2)12(8-17)9-19-10-16-13-7-11(15)3-4-14(13)19/h3-4,7,10,12H,5-6,8-9,15H2,1-2H3. The van der Waals surface area contributed by atoms with Crippen LogP contribution in [-0.4, -0.2) is 59.1 Å². The highest BCUT2D eigenvalue weighted by molar-refractivity contribution is 5.78. The van der Waals surface area contributed by atoms with Crippen LogP contribution in [0.25, 0.3) is 11.0 Å². The Morgan fingerprint density at radius 1 is 1.32 bits per heavy atom. The fourth-order valence-electron chi connectivity index (χ4n) is 2.75. The first-order valence-corrected chi connectivity index (χ1v) is 6.72. The van der Waals surface area contributed by atoms with Crippen LogP contribution < -0.4 is 5.73 Å². The second kappa shape index (κ2) is 4.83. The molecular weight excluding hydrogens is 238 g/mol. The van der Waals surface area contributed by atoms with Gasteiger partial charge in [0.05, 0.1) is 17.4 Å². The van der Waals surface area contributed by atoms with Crippen molar-refractivity contribution in [3.05, 3.63) is 24.5 Å². The molecule has 1 aromatic carbocycles. The van der Waals surface area contributed by atoms with Gasteiger partial charge in [0.2, 0.25) is 0 Å². The van der Waals surface area contributed by atoms with E-state index in [1.165, 1.54) is 0 Å². The van der Waals surface area contributed by atoms with Gasteiger partial charge in [0, 0.05) is 37.9 Å². The summed E-state index contributed by atoms with van der Waals surface area (Å²) in [6, 6.07) is 6.47. The molecule has 102 valence electrons. The molecule has 2 aromatic rings. The first-order valence-electron chi connectivity index (χ1n) is 6.72. The lowest BCUT2D eigenvalue weighted by molar-refractivity contribution is 0.104. The normalized spacial score (nSPS) is 22.1. The number of nitrogens with two attached hydrogens (primary N) is 1. The van der Waals surface area contributed by atoms with E-state index in [1.54, 1.807) is 0 Å². The van der Waals surface area contributed by atoms with Crippen molar-refractivity contribution in [2.75, 3.05) is 39.5 Å². The van der Waals surface area contributed by atoms with Gasteiger partial charge in [-0.3, -0.25) is 4.90 Å². The van der Waals surface area contributed by atoms with E-state index in [9.17, 15) is 0 Å². The maximum Gasteiger partial charge on any atom is 0.0958 e. The van der Waals surface area contributed by atoms with E-state index in [4.69, 9.17) is 5.73 Å². The zero-order valence-electron chi connectivity index (χ0n) is 11.6. The minimum absolute atomic E-state index is 0.536. The lowest BCUT2D eigenvalue weighted by Crippen LogP contribution is -2.51. The molecule has 1 saturated heterocycles. The lowest BCUT2D eigenvalue weighted by atomic mass is 10.2. The second-order valence-electron chi connectivity index (χ2n) is 5.54. The van der Waals surface area contributed by atoms with Crippen molar-refractivity contribution in [1.29, 1.82) is 0 Å². The summed E-state index contributed by atoms with van der Waals surface area (Å²) in [5.41, 5.74) is 8.71. The third kappa shape index (κ3) is 2.43. The number of imidazole rings is 1. The highest BCUT2D eigenvalue weighted by Gasteiger charge is 2.22. The Morgan fingerprint density at radius 3 is 3.00 bits per heavy atom. The van der Waals surface area contributed by atoms with Crippen molar-refractivity contribution < 1.29 is 0 Å². The Morgan fingerprint density at radius 2 is 2.16 bits per heavy atom. The zero-order chi connectivity index (χ0) is 13.4. The number of nitrogens with zero attached hydrogens (tertiary/aromatic N) is 4. The number of hydrogen-bond donors (Lipinski definition) is 1. The fourth-order valence-corrected chi connectivity index (χ4v) is 2.75. The smallest absolute Gasteiger partial charge is 0.0958 e. The SMILES string of the molecule is CN1CCN(C)C(Cn2cnc3cc(N)ccc32)C1. The topological polar surface area (TPSA) is 50.3 Å². The van der Waals surface area contributed by atoms with Crippen LogP contribution in [0.4, 0.5) is 5.69 Å². The van der Waals surface area contributed by atoms with Crippen LogP contribution in [0.2, 0.25) is 0 Å². The Balaban J connectivity index is 1.84. The summed E-state index contributed by atoms with van der Waals surface area (Å²) in [6.07, 6.45) is 1.92. The highest BCUT2D eigenvalue weighted by atomic mass is 15.3. The molecule has 5 nitrogen and oxygen atoms in total. The number of rotatable bonds is 2. The minimum atomic E-state index is 0.536. The number of likely N-dealkylation sites (N-methyl/N-ethyl adjacent to an activating group) is 2. The van der Waals surface area contributed by atoms with Crippen molar-refractivity contribution in [1.82, 2.24) is 19.4 Å². The van der Waals surface area contributed by atoms with Crippen LogP contribution in [0.3, 0.4) is 0 Å². The molecule has 5 heteroatoms. The molecule has 0 radical (unpaired) electrons. The molecular formula is C14H21N5. The first kappa shape index (κ1) is 12.4. The van der Waals surface area contributed by atoms with Gasteiger partial charge in [-0.25, -0.2) is 4.98 Å². The average Bonchev–Trinajstić information content (AvgIpc) is 2.76. The van der Waals surface area contributed by atoms with Gasteiger partial charge in [-0.1, -0.05) is 0 Å². The van der Waals surface area contributed by atoms with Gasteiger partial charge in [0.25, 0.3) is 0 Å². The molecule has 2 heterocycles. The molecule has 1 aliphatic heterocycles. The van der Waals surface area contributed by atoms with E-state index in [0.717, 1.165) is 42.9 Å². The summed E-state index contributed by atoms with van der Waals surface area (Å²) >= 11 is 0. The van der Waals surface area contributed by atoms with E-state index in [2.05, 4.69) is 39.5 Å². The molecule has 0 amide bonds. The summed E-state index contributed by atoms with van der Waals surface area (Å²) in [7, 11) is 4.39. The van der Waals surface area contributed by atoms with Crippen LogP contribution in [0.15, 0.2) is 24.5 Å². The van der Waals surface area contributed by atoms with E-state index in [-0.39, 0.29) is 0 Å². The van der Waals surface area contributed by atoms with Crippen molar-refractivity contribution in [3.8, 4) is 0 Å². The summed E-state index contributed by atoms with van der Waals surface area (Å²) in [6.45, 7) is 4.35. The zero-order valence-corrected chi connectivity index (χ0v) is 11.6. The van der Waals surface area contributed by atoms with E-state index < -0.39 is 0 Å². The average molecular weight is 259 g/mol. The van der Waals surface area contributed by atoms with Gasteiger partial charge >= 0.3 is 0 Å². The van der Waals surface area contributed by atoms with Gasteiger partial charge < -0.3 is 15.2 Å². The molecule has 0 saturated carbocycles. The summed E-state index contributed by atoms with van der Waals surface area (Å²) in [5, 5.41) is 0. The highest BCUT2D eigenvalue weighted by Crippen LogP contribution is 2.18. The molecule has 1 aliphatic rings. The molecule has 0 spiro atoms. The van der Waals surface area contributed by atoms with Crippen molar-refractivity contribution in [2.24, 2.45) is 0 Å². The number of nitrogen functional groups attached to an aromatic ring is 1. The molecule has 2 N–H and O–H groups in total. The largest absolute Gasteiger partial charge is 0.399 e. The number of anilines is 1. The molecule has 1 fully saturated rings. The summed E-state index contributed by atoms with van der Waals surface area (Å²) < 4.78 is 2.23. The summed E-state index contributed by atoms with van der Waals surface area (Å²) in [5.74, 6) is 0. The lowest BCUT2D eigenvalue weighted by Gasteiger charge is -2.37. The quantitative estimate of drug-likeness (QED) is 0.813. The third-order valence-corrected chi connectivity index (χ3v) is 4.03. The van der Waals surface area contributed by atoms with Crippen molar-refractivity contribution in [2.45, 2.75) is 12.6 Å². The number of aromatic nitrogens is 2. The van der Waals surface area contributed by atoms with E-state index in [1.807, 2.05) is 18.5 Å². The van der Waals surface area contributed by atoms with Gasteiger partial charge in [0.15, 0.2) is 0 Å². The maximum atomic E-state index is 5.79. The number of piperazine rings is 1. The van der Waals surface area contributed by atoms with Crippen molar-refractivity contribution >= 4 is 16.7 Å². The molecule has 0 bridgehead atoms. The van der Waals surface area contributed by atoms with Crippen LogP contribution >= 0.6 is 0 Å². The molecule has 1 aromatic heterocycles. The van der Waals surface area contributed by atoms with E-state index >= 15 is 0 Å². The molecule has 3 rings (SSSR count). The number of hydrogen-bond acceptors (Lipinski definition) is 4. The predicted molar refractivity (Wildman–Crippen MR) is 78.1 cm³/mol. The van der Waals surface area contributed by atoms with Crippen LogP contribution in [0, 0.1) is 0 Å². The Hall–Kier alpha value is -1.59. The Labute approximate surface area is 113 Å². The number of fused-ring (bicyclic) bond motifs is 1. The Kier molecular flexibility index (Phi) is 3.16. The van der Waals surface area contributed by atoms with Crippen molar-refractivity contribution in [3.63, 3.8) is 0 Å². The van der Waals surface area contributed by atoms with Crippen LogP contribution in [0.5, 0.6) is 0 Å². The van der Waals surface area contributed by atoms with Gasteiger partial charge in [0.1, 0.15) is 0 Å². The fraction of sp³-hybridized carbons (Fsp3) is 0.500. The van der Waals surface area contributed by atoms with Gasteiger partial charge in [-0.05, 0) is 32.3 Å². The molecule has 0 aliphatic carbocycles. The molecule has 19 heavy (non-hydrogen) atoms. The predicted octanol–water partition coefficient (Wildman–Crippen LogP) is 0.864. The monoisotopic (exact) mass is 259 g/mol. The third-order valence-electron chi connectivity index (χ3n) is 4.03. The minimum Gasteiger partial charge on any atom is -0.399 e. The summed E-state index contributed by atoms with van der Waals surface area (Å²) in [4.78, 5) is 9.26. The maximum absolute atomic E-state index is 5.79. The first-order chi connectivity index (χ1) is 9.13. The van der Waals surface area contributed by atoms with Gasteiger partial charge in [-0.2, -0.15) is 0 Å². The Bertz CT molecular complexity index is 576. The van der Waals surface area contributed by atoms with Gasteiger partial charge in [-0.15, -0.1) is 0 Å². The second-order valence-corrected chi connectivity index (χ2v) is 5.54. The number of benzene rings is 1. The molecule has 1 atom stereocenters. The van der Waals surface area contributed by atoms with Crippen LogP contribution in [-0.2, 0) is 6.54 Å².